The number of hydrogen-bond donors (Lipinski definition) is 0. The molecule has 23 heavy (non-hydrogen) atoms. The predicted octanol–water partition coefficient (Wildman–Crippen LogP) is 3.11. The summed E-state index contributed by atoms with van der Waals surface area (Å²) in [5.41, 5.74) is 3.09. The van der Waals surface area contributed by atoms with Gasteiger partial charge in [0.2, 0.25) is 5.91 Å². The van der Waals surface area contributed by atoms with Gasteiger partial charge >= 0.3 is 0 Å². The van der Waals surface area contributed by atoms with Crippen molar-refractivity contribution in [2.75, 3.05) is 6.54 Å². The van der Waals surface area contributed by atoms with Crippen LogP contribution in [0.3, 0.4) is 0 Å². The van der Waals surface area contributed by atoms with Crippen molar-refractivity contribution < 1.29 is 9.59 Å². The van der Waals surface area contributed by atoms with Gasteiger partial charge < -0.3 is 4.90 Å². The average molecular weight is 305 g/mol. The molecule has 3 nitrogen and oxygen atoms in total. The van der Waals surface area contributed by atoms with Gasteiger partial charge in [-0.15, -0.1) is 0 Å². The topological polar surface area (TPSA) is 37.4 Å². The van der Waals surface area contributed by atoms with E-state index in [4.69, 9.17) is 0 Å². The Bertz CT molecular complexity index is 736. The second-order valence-corrected chi connectivity index (χ2v) is 5.80. The van der Waals surface area contributed by atoms with Crippen molar-refractivity contribution in [3.8, 4) is 0 Å². The van der Waals surface area contributed by atoms with E-state index in [0.717, 1.165) is 16.7 Å². The summed E-state index contributed by atoms with van der Waals surface area (Å²) in [7, 11) is 0. The SMILES string of the molecule is C=CC(=O)N1Cc2ccccc2[C@@H](C(=O)Cc2ccccc2)C1. The third-order valence-corrected chi connectivity index (χ3v) is 4.29. The van der Waals surface area contributed by atoms with Crippen molar-refractivity contribution in [2.45, 2.75) is 18.9 Å². The van der Waals surface area contributed by atoms with Crippen LogP contribution in [0.4, 0.5) is 0 Å². The number of hydrogen-bond acceptors (Lipinski definition) is 2. The number of carbonyl (C=O) groups is 2. The molecule has 0 fully saturated rings. The van der Waals surface area contributed by atoms with Gasteiger partial charge in [-0.1, -0.05) is 61.2 Å². The van der Waals surface area contributed by atoms with Crippen molar-refractivity contribution >= 4 is 11.7 Å². The molecule has 1 amide bonds. The third-order valence-electron chi connectivity index (χ3n) is 4.29. The van der Waals surface area contributed by atoms with Crippen LogP contribution in [-0.4, -0.2) is 23.1 Å². The molecule has 2 aromatic carbocycles. The lowest BCUT2D eigenvalue weighted by Crippen LogP contribution is -2.40. The van der Waals surface area contributed by atoms with Crippen molar-refractivity contribution in [3.05, 3.63) is 83.9 Å². The van der Waals surface area contributed by atoms with Gasteiger partial charge in [0.1, 0.15) is 5.78 Å². The maximum Gasteiger partial charge on any atom is 0.246 e. The fourth-order valence-electron chi connectivity index (χ4n) is 3.10. The highest BCUT2D eigenvalue weighted by atomic mass is 16.2. The minimum Gasteiger partial charge on any atom is -0.334 e. The predicted molar refractivity (Wildman–Crippen MR) is 90.0 cm³/mol. The molecule has 0 aromatic heterocycles. The summed E-state index contributed by atoms with van der Waals surface area (Å²) >= 11 is 0. The van der Waals surface area contributed by atoms with Crippen LogP contribution < -0.4 is 0 Å². The molecular weight excluding hydrogens is 286 g/mol. The van der Waals surface area contributed by atoms with E-state index < -0.39 is 0 Å². The number of carbonyl (C=O) groups excluding carboxylic acids is 2. The first kappa shape index (κ1) is 15.2. The maximum atomic E-state index is 12.8. The normalized spacial score (nSPS) is 16.5. The minimum absolute atomic E-state index is 0.128. The zero-order valence-corrected chi connectivity index (χ0v) is 12.9. The Morgan fingerprint density at radius 1 is 1.09 bits per heavy atom. The molecule has 0 N–H and O–H groups in total. The molecule has 2 aromatic rings. The quantitative estimate of drug-likeness (QED) is 0.814. The molecular formula is C20H19NO2. The molecule has 3 heteroatoms. The number of fused-ring (bicyclic) bond motifs is 1. The van der Waals surface area contributed by atoms with E-state index in [-0.39, 0.29) is 17.6 Å². The van der Waals surface area contributed by atoms with Crippen LogP contribution in [0, 0.1) is 0 Å². The van der Waals surface area contributed by atoms with Crippen molar-refractivity contribution in [2.24, 2.45) is 0 Å². The summed E-state index contributed by atoms with van der Waals surface area (Å²) in [5, 5.41) is 0. The molecule has 0 radical (unpaired) electrons. The van der Waals surface area contributed by atoms with Crippen molar-refractivity contribution in [3.63, 3.8) is 0 Å². The van der Waals surface area contributed by atoms with Gasteiger partial charge in [0.15, 0.2) is 0 Å². The van der Waals surface area contributed by atoms with Crippen LogP contribution in [0.5, 0.6) is 0 Å². The molecule has 1 aliphatic rings. The first-order valence-electron chi connectivity index (χ1n) is 7.75. The van der Waals surface area contributed by atoms with E-state index in [1.165, 1.54) is 6.08 Å². The van der Waals surface area contributed by atoms with Gasteiger partial charge in [-0.05, 0) is 22.8 Å². The highest BCUT2D eigenvalue weighted by Gasteiger charge is 2.31. The monoisotopic (exact) mass is 305 g/mol. The number of Topliss-reactive ketones (excluding diaryl/α,β-unsaturated/α-hetero) is 1. The van der Waals surface area contributed by atoms with Crippen LogP contribution in [0.15, 0.2) is 67.3 Å². The van der Waals surface area contributed by atoms with Gasteiger partial charge in [0.25, 0.3) is 0 Å². The molecule has 116 valence electrons. The van der Waals surface area contributed by atoms with Gasteiger partial charge in [-0.25, -0.2) is 0 Å². The number of benzene rings is 2. The largest absolute Gasteiger partial charge is 0.334 e. The first-order valence-corrected chi connectivity index (χ1v) is 7.75. The molecule has 0 spiro atoms. The van der Waals surface area contributed by atoms with Crippen LogP contribution >= 0.6 is 0 Å². The van der Waals surface area contributed by atoms with Crippen molar-refractivity contribution in [1.29, 1.82) is 0 Å². The van der Waals surface area contributed by atoms with E-state index in [2.05, 4.69) is 6.58 Å². The lowest BCUT2D eigenvalue weighted by Gasteiger charge is -2.33. The molecule has 0 unspecified atom stereocenters. The molecule has 1 aliphatic heterocycles. The summed E-state index contributed by atoms with van der Waals surface area (Å²) in [6, 6.07) is 17.6. The van der Waals surface area contributed by atoms with Gasteiger partial charge in [0.05, 0.1) is 5.92 Å². The number of ketones is 1. The van der Waals surface area contributed by atoms with Gasteiger partial charge in [-0.2, -0.15) is 0 Å². The highest BCUT2D eigenvalue weighted by molar-refractivity contribution is 5.91. The van der Waals surface area contributed by atoms with Crippen LogP contribution in [0.2, 0.25) is 0 Å². The Hall–Kier alpha value is -2.68. The first-order chi connectivity index (χ1) is 11.2. The summed E-state index contributed by atoms with van der Waals surface area (Å²) < 4.78 is 0. The molecule has 1 atom stereocenters. The van der Waals surface area contributed by atoms with Gasteiger partial charge in [0, 0.05) is 19.5 Å². The zero-order valence-electron chi connectivity index (χ0n) is 12.9. The second kappa shape index (κ2) is 6.61. The Morgan fingerprint density at radius 2 is 1.78 bits per heavy atom. The van der Waals surface area contributed by atoms with E-state index >= 15 is 0 Å². The Labute approximate surface area is 136 Å². The highest BCUT2D eigenvalue weighted by Crippen LogP contribution is 2.30. The minimum atomic E-state index is -0.274. The van der Waals surface area contributed by atoms with E-state index in [0.29, 0.717) is 19.5 Å². The lowest BCUT2D eigenvalue weighted by atomic mass is 9.84. The molecule has 1 heterocycles. The fourth-order valence-corrected chi connectivity index (χ4v) is 3.10. The Kier molecular flexibility index (Phi) is 4.38. The average Bonchev–Trinajstić information content (AvgIpc) is 2.60. The maximum absolute atomic E-state index is 12.8. The number of rotatable bonds is 4. The van der Waals surface area contributed by atoms with Crippen molar-refractivity contribution in [1.82, 2.24) is 4.90 Å². The van der Waals surface area contributed by atoms with Crippen LogP contribution in [-0.2, 0) is 22.6 Å². The van der Waals surface area contributed by atoms with E-state index in [1.807, 2.05) is 54.6 Å². The molecule has 3 rings (SSSR count). The van der Waals surface area contributed by atoms with Gasteiger partial charge in [-0.3, -0.25) is 9.59 Å². The Morgan fingerprint density at radius 3 is 2.52 bits per heavy atom. The summed E-state index contributed by atoms with van der Waals surface area (Å²) in [6.07, 6.45) is 1.70. The summed E-state index contributed by atoms with van der Waals surface area (Å²) in [5.74, 6) is -0.258. The molecule has 0 aliphatic carbocycles. The molecule has 0 saturated heterocycles. The smallest absolute Gasteiger partial charge is 0.246 e. The Balaban J connectivity index is 1.88. The van der Waals surface area contributed by atoms with E-state index in [9.17, 15) is 9.59 Å². The third kappa shape index (κ3) is 3.24. The molecule has 0 saturated carbocycles. The summed E-state index contributed by atoms with van der Waals surface area (Å²) in [4.78, 5) is 26.5. The summed E-state index contributed by atoms with van der Waals surface area (Å²) in [6.45, 7) is 4.52. The van der Waals surface area contributed by atoms with Crippen LogP contribution in [0.25, 0.3) is 0 Å². The molecule has 0 bridgehead atoms. The zero-order chi connectivity index (χ0) is 16.2. The number of amides is 1. The van der Waals surface area contributed by atoms with E-state index in [1.54, 1.807) is 4.90 Å². The van der Waals surface area contributed by atoms with Crippen LogP contribution in [0.1, 0.15) is 22.6 Å². The number of nitrogens with zero attached hydrogens (tertiary/aromatic N) is 1. The second-order valence-electron chi connectivity index (χ2n) is 5.80. The fraction of sp³-hybridized carbons (Fsp3) is 0.200. The standard InChI is InChI=1S/C20H19NO2/c1-2-20(23)21-13-16-10-6-7-11-17(16)18(14-21)19(22)12-15-8-4-3-5-9-15/h2-11,18H,1,12-14H2/t18-/m0/s1. The lowest BCUT2D eigenvalue weighted by molar-refractivity contribution is -0.128.